The number of anilines is 2. The predicted molar refractivity (Wildman–Crippen MR) is 123 cm³/mol. The molecule has 1 N–H and O–H groups in total. The second-order valence-corrected chi connectivity index (χ2v) is 9.61. The van der Waals surface area contributed by atoms with Crippen LogP contribution in [0.3, 0.4) is 0 Å². The van der Waals surface area contributed by atoms with Gasteiger partial charge in [0.05, 0.1) is 18.5 Å². The summed E-state index contributed by atoms with van der Waals surface area (Å²) in [4.78, 5) is 12.5. The van der Waals surface area contributed by atoms with E-state index in [0.717, 1.165) is 10.4 Å². The van der Waals surface area contributed by atoms with Crippen molar-refractivity contribution >= 4 is 38.9 Å². The summed E-state index contributed by atoms with van der Waals surface area (Å²) in [5, 5.41) is 2.33. The summed E-state index contributed by atoms with van der Waals surface area (Å²) >= 11 is 6.18. The summed E-state index contributed by atoms with van der Waals surface area (Å²) in [5.74, 6) is -5.77. The fourth-order valence-corrected chi connectivity index (χ4v) is 4.93. The minimum Gasteiger partial charge on any atom is -0.495 e. The van der Waals surface area contributed by atoms with E-state index in [1.54, 1.807) is 26.0 Å². The van der Waals surface area contributed by atoms with Crippen molar-refractivity contribution in [3.05, 3.63) is 82.1 Å². The molecule has 3 rings (SSSR count). The first-order valence-electron chi connectivity index (χ1n) is 9.82. The van der Waals surface area contributed by atoms with E-state index < -0.39 is 45.6 Å². The monoisotopic (exact) mass is 512 g/mol. The Balaban J connectivity index is 2.06. The number of hydrogen-bond acceptors (Lipinski definition) is 4. The number of nitrogens with zero attached hydrogens (tertiary/aromatic N) is 1. The molecule has 0 spiro atoms. The van der Waals surface area contributed by atoms with Crippen LogP contribution in [0.25, 0.3) is 0 Å². The third-order valence-corrected chi connectivity index (χ3v) is 7.13. The molecule has 0 aliphatic carbocycles. The zero-order chi connectivity index (χ0) is 25.2. The highest BCUT2D eigenvalue weighted by atomic mass is 35.5. The van der Waals surface area contributed by atoms with E-state index in [1.165, 1.54) is 31.4 Å². The van der Waals surface area contributed by atoms with Gasteiger partial charge in [0.25, 0.3) is 10.0 Å². The Hall–Kier alpha value is -3.24. The molecule has 34 heavy (non-hydrogen) atoms. The number of nitrogens with one attached hydrogen (secondary N) is 1. The Morgan fingerprint density at radius 3 is 2.38 bits per heavy atom. The summed E-state index contributed by atoms with van der Waals surface area (Å²) < 4.78 is 74.1. The molecule has 180 valence electrons. The average molecular weight is 513 g/mol. The molecule has 3 aromatic carbocycles. The number of carbonyl (C=O) groups excluding carboxylic acids is 1. The van der Waals surface area contributed by atoms with Gasteiger partial charge in [0.1, 0.15) is 17.2 Å². The number of ether oxygens (including phenoxy) is 1. The number of amides is 1. The van der Waals surface area contributed by atoms with Crippen LogP contribution in [0.1, 0.15) is 11.1 Å². The van der Waals surface area contributed by atoms with E-state index in [0.29, 0.717) is 17.2 Å². The maximum atomic E-state index is 14.0. The highest BCUT2D eigenvalue weighted by molar-refractivity contribution is 7.93. The van der Waals surface area contributed by atoms with E-state index in [-0.39, 0.29) is 21.4 Å². The number of carbonyl (C=O) groups is 1. The zero-order valence-corrected chi connectivity index (χ0v) is 19.9. The van der Waals surface area contributed by atoms with E-state index in [4.69, 9.17) is 16.3 Å². The van der Waals surface area contributed by atoms with Crippen LogP contribution in [0, 0.1) is 31.3 Å². The Bertz CT molecular complexity index is 1370. The molecule has 0 unspecified atom stereocenters. The summed E-state index contributed by atoms with van der Waals surface area (Å²) in [5.41, 5.74) is 0.704. The fourth-order valence-electron chi connectivity index (χ4n) is 3.10. The van der Waals surface area contributed by atoms with Crippen molar-refractivity contribution in [1.82, 2.24) is 0 Å². The Kier molecular flexibility index (Phi) is 7.42. The molecule has 3 aromatic rings. The molecule has 0 radical (unpaired) electrons. The molecule has 0 heterocycles. The molecule has 1 amide bonds. The third-order valence-electron chi connectivity index (χ3n) is 4.93. The van der Waals surface area contributed by atoms with E-state index in [9.17, 15) is 26.4 Å². The fraction of sp³-hybridized carbons (Fsp3) is 0.174. The van der Waals surface area contributed by atoms with Crippen molar-refractivity contribution in [2.75, 3.05) is 23.3 Å². The molecule has 0 aliphatic rings. The normalized spacial score (nSPS) is 11.3. The first-order chi connectivity index (χ1) is 15.9. The lowest BCUT2D eigenvalue weighted by atomic mass is 10.2. The lowest BCUT2D eigenvalue weighted by Crippen LogP contribution is -2.38. The first-order valence-corrected chi connectivity index (χ1v) is 11.6. The van der Waals surface area contributed by atoms with Gasteiger partial charge in [-0.05, 0) is 61.4 Å². The minimum atomic E-state index is -4.40. The lowest BCUT2D eigenvalue weighted by molar-refractivity contribution is -0.114. The Morgan fingerprint density at radius 2 is 1.74 bits per heavy atom. The van der Waals surface area contributed by atoms with Crippen LogP contribution in [0.4, 0.5) is 24.5 Å². The maximum Gasteiger partial charge on any atom is 0.268 e. The van der Waals surface area contributed by atoms with Crippen LogP contribution < -0.4 is 14.4 Å². The van der Waals surface area contributed by atoms with E-state index in [2.05, 4.69) is 5.32 Å². The van der Waals surface area contributed by atoms with Gasteiger partial charge in [-0.3, -0.25) is 9.10 Å². The standard InChI is InChI=1S/C23H20ClF3N2O4S/c1-13-4-9-19(33-3)20(10-13)34(31,32)29(15-6-5-14(2)16(24)11-15)12-21(30)28-18-8-7-17(25)22(26)23(18)27/h4-11H,12H2,1-3H3,(H,28,30). The molecule has 0 saturated heterocycles. The van der Waals surface area contributed by atoms with Crippen molar-refractivity contribution in [1.29, 1.82) is 0 Å². The van der Waals surface area contributed by atoms with Crippen LogP contribution in [0.5, 0.6) is 5.75 Å². The molecule has 0 fully saturated rings. The minimum absolute atomic E-state index is 0.0425. The van der Waals surface area contributed by atoms with Gasteiger partial charge in [0.15, 0.2) is 17.5 Å². The molecular formula is C23H20ClF3N2O4S. The summed E-state index contributed by atoms with van der Waals surface area (Å²) in [6, 6.07) is 10.4. The van der Waals surface area contributed by atoms with Gasteiger partial charge in [-0.15, -0.1) is 0 Å². The lowest BCUT2D eigenvalue weighted by Gasteiger charge is -2.25. The summed E-state index contributed by atoms with van der Waals surface area (Å²) in [6.45, 7) is 2.58. The molecule has 0 saturated carbocycles. The number of rotatable bonds is 7. The predicted octanol–water partition coefficient (Wildman–Crippen LogP) is 5.22. The van der Waals surface area contributed by atoms with Crippen molar-refractivity contribution in [2.24, 2.45) is 0 Å². The van der Waals surface area contributed by atoms with Crippen LogP contribution in [0.2, 0.25) is 5.02 Å². The second kappa shape index (κ2) is 9.94. The molecule has 0 aromatic heterocycles. The smallest absolute Gasteiger partial charge is 0.268 e. The third kappa shape index (κ3) is 5.13. The average Bonchev–Trinajstić information content (AvgIpc) is 2.79. The number of benzene rings is 3. The van der Waals surface area contributed by atoms with Gasteiger partial charge in [-0.25, -0.2) is 21.6 Å². The first kappa shape index (κ1) is 25.4. The van der Waals surface area contributed by atoms with Crippen molar-refractivity contribution in [3.63, 3.8) is 0 Å². The molecular weight excluding hydrogens is 493 g/mol. The topological polar surface area (TPSA) is 75.7 Å². The van der Waals surface area contributed by atoms with Crippen molar-refractivity contribution in [2.45, 2.75) is 18.7 Å². The van der Waals surface area contributed by atoms with Crippen molar-refractivity contribution < 1.29 is 31.1 Å². The summed E-state index contributed by atoms with van der Waals surface area (Å²) in [6.07, 6.45) is 0. The van der Waals surface area contributed by atoms with Gasteiger partial charge >= 0.3 is 0 Å². The number of aryl methyl sites for hydroxylation is 2. The van der Waals surface area contributed by atoms with E-state index >= 15 is 0 Å². The quantitative estimate of drug-likeness (QED) is 0.441. The van der Waals surface area contributed by atoms with Gasteiger partial charge in [0.2, 0.25) is 5.91 Å². The van der Waals surface area contributed by atoms with Gasteiger partial charge in [-0.2, -0.15) is 0 Å². The number of hydrogen-bond donors (Lipinski definition) is 1. The summed E-state index contributed by atoms with van der Waals surface area (Å²) in [7, 11) is -3.10. The van der Waals surface area contributed by atoms with Crippen LogP contribution in [0.15, 0.2) is 53.4 Å². The highest BCUT2D eigenvalue weighted by Gasteiger charge is 2.31. The van der Waals surface area contributed by atoms with Crippen LogP contribution in [-0.4, -0.2) is 28.0 Å². The number of methoxy groups -OCH3 is 1. The molecule has 0 aliphatic heterocycles. The SMILES string of the molecule is COc1ccc(C)cc1S(=O)(=O)N(CC(=O)Nc1ccc(F)c(F)c1F)c1ccc(C)c(Cl)c1. The molecule has 11 heteroatoms. The highest BCUT2D eigenvalue weighted by Crippen LogP contribution is 2.33. The Labute approximate surface area is 200 Å². The molecule has 0 atom stereocenters. The largest absolute Gasteiger partial charge is 0.495 e. The second-order valence-electron chi connectivity index (χ2n) is 7.37. The van der Waals surface area contributed by atoms with Crippen LogP contribution in [-0.2, 0) is 14.8 Å². The molecule has 0 bridgehead atoms. The van der Waals surface area contributed by atoms with E-state index in [1.807, 2.05) is 0 Å². The van der Waals surface area contributed by atoms with Crippen LogP contribution >= 0.6 is 11.6 Å². The Morgan fingerprint density at radius 1 is 1.03 bits per heavy atom. The molecule has 6 nitrogen and oxygen atoms in total. The number of sulfonamides is 1. The van der Waals surface area contributed by atoms with Gasteiger partial charge in [0, 0.05) is 5.02 Å². The van der Waals surface area contributed by atoms with Gasteiger partial charge in [-0.1, -0.05) is 23.7 Å². The number of halogens is 4. The maximum absolute atomic E-state index is 14.0. The zero-order valence-electron chi connectivity index (χ0n) is 18.3. The van der Waals surface area contributed by atoms with Crippen molar-refractivity contribution in [3.8, 4) is 5.75 Å². The van der Waals surface area contributed by atoms with Gasteiger partial charge < -0.3 is 10.1 Å².